The number of hydrogen-bond acceptors (Lipinski definition) is 2. The lowest BCUT2D eigenvalue weighted by molar-refractivity contribution is -0.135. The van der Waals surface area contributed by atoms with Gasteiger partial charge in [0.05, 0.1) is 12.5 Å². The van der Waals surface area contributed by atoms with Crippen LogP contribution in [0.15, 0.2) is 0 Å². The number of alkyl halides is 2. The number of nitrogens with zero attached hydrogens (tertiary/aromatic N) is 1. The van der Waals surface area contributed by atoms with E-state index < -0.39 is 18.9 Å². The van der Waals surface area contributed by atoms with Gasteiger partial charge in [-0.1, -0.05) is 6.92 Å². The van der Waals surface area contributed by atoms with E-state index in [1.807, 2.05) is 0 Å². The topological polar surface area (TPSA) is 46.3 Å². The molecule has 0 aromatic carbocycles. The fourth-order valence-corrected chi connectivity index (χ4v) is 0.870. The lowest BCUT2D eigenvalue weighted by Crippen LogP contribution is -2.41. The molecule has 3 nitrogen and oxygen atoms in total. The van der Waals surface area contributed by atoms with Crippen molar-refractivity contribution in [2.45, 2.75) is 26.3 Å². The van der Waals surface area contributed by atoms with E-state index >= 15 is 0 Å². The summed E-state index contributed by atoms with van der Waals surface area (Å²) >= 11 is 0. The van der Waals surface area contributed by atoms with Gasteiger partial charge in [-0.2, -0.15) is 0 Å². The average molecular weight is 194 g/mol. The van der Waals surface area contributed by atoms with Gasteiger partial charge in [-0.05, 0) is 6.92 Å². The first-order valence-corrected chi connectivity index (χ1v) is 4.15. The fraction of sp³-hybridized carbons (Fsp3) is 0.875. The van der Waals surface area contributed by atoms with E-state index in [2.05, 4.69) is 0 Å². The van der Waals surface area contributed by atoms with Crippen LogP contribution in [0.3, 0.4) is 0 Å². The highest BCUT2D eigenvalue weighted by Gasteiger charge is 2.22. The summed E-state index contributed by atoms with van der Waals surface area (Å²) in [5.41, 5.74) is 5.47. The minimum atomic E-state index is -2.49. The molecular weight excluding hydrogens is 178 g/mol. The van der Waals surface area contributed by atoms with Gasteiger partial charge in [0.2, 0.25) is 5.91 Å². The zero-order valence-corrected chi connectivity index (χ0v) is 8.13. The quantitative estimate of drug-likeness (QED) is 0.715. The second-order valence-corrected chi connectivity index (χ2v) is 3.26. The van der Waals surface area contributed by atoms with Gasteiger partial charge in [-0.15, -0.1) is 0 Å². The van der Waals surface area contributed by atoms with Crippen molar-refractivity contribution in [3.05, 3.63) is 0 Å². The summed E-state index contributed by atoms with van der Waals surface area (Å²) < 4.78 is 23.8. The van der Waals surface area contributed by atoms with Gasteiger partial charge in [0.25, 0.3) is 6.43 Å². The predicted molar refractivity (Wildman–Crippen MR) is 46.5 cm³/mol. The number of carbonyl (C=O) groups is 1. The molecule has 2 atom stereocenters. The molecule has 2 unspecified atom stereocenters. The Labute approximate surface area is 76.9 Å². The number of carbonyl (C=O) groups excluding carboxylic acids is 1. The molecule has 5 heteroatoms. The van der Waals surface area contributed by atoms with Crippen LogP contribution in [0.25, 0.3) is 0 Å². The Bertz CT molecular complexity index is 174. The lowest BCUT2D eigenvalue weighted by atomic mass is 10.0. The van der Waals surface area contributed by atoms with Crippen LogP contribution in [0.1, 0.15) is 13.8 Å². The lowest BCUT2D eigenvalue weighted by Gasteiger charge is -2.22. The van der Waals surface area contributed by atoms with Crippen molar-refractivity contribution in [2.75, 3.05) is 13.6 Å². The maximum absolute atomic E-state index is 11.9. The number of rotatable bonds is 4. The number of amides is 1. The first-order chi connectivity index (χ1) is 5.86. The molecule has 0 rings (SSSR count). The van der Waals surface area contributed by atoms with Gasteiger partial charge in [0.1, 0.15) is 0 Å². The van der Waals surface area contributed by atoms with Crippen molar-refractivity contribution in [3.8, 4) is 0 Å². The van der Waals surface area contributed by atoms with Gasteiger partial charge < -0.3 is 10.6 Å². The number of halogens is 2. The Morgan fingerprint density at radius 1 is 1.46 bits per heavy atom. The molecule has 0 spiro atoms. The first kappa shape index (κ1) is 12.3. The monoisotopic (exact) mass is 194 g/mol. The maximum Gasteiger partial charge on any atom is 0.255 e. The summed E-state index contributed by atoms with van der Waals surface area (Å²) in [4.78, 5) is 12.3. The van der Waals surface area contributed by atoms with Crippen molar-refractivity contribution in [1.29, 1.82) is 0 Å². The summed E-state index contributed by atoms with van der Waals surface area (Å²) in [6, 6.07) is -0.312. The van der Waals surface area contributed by atoms with E-state index in [0.29, 0.717) is 0 Å². The summed E-state index contributed by atoms with van der Waals surface area (Å²) in [5, 5.41) is 0. The average Bonchev–Trinajstić information content (AvgIpc) is 2.00. The second-order valence-electron chi connectivity index (χ2n) is 3.26. The van der Waals surface area contributed by atoms with Crippen molar-refractivity contribution < 1.29 is 13.6 Å². The molecular formula is C8H16F2N2O. The van der Waals surface area contributed by atoms with E-state index in [1.165, 1.54) is 7.05 Å². The predicted octanol–water partition coefficient (Wildman–Crippen LogP) is 0.693. The highest BCUT2D eigenvalue weighted by molar-refractivity contribution is 5.78. The van der Waals surface area contributed by atoms with Crippen LogP contribution in [-0.4, -0.2) is 36.9 Å². The maximum atomic E-state index is 11.9. The summed E-state index contributed by atoms with van der Waals surface area (Å²) in [7, 11) is 1.35. The third-order valence-corrected chi connectivity index (χ3v) is 1.97. The number of nitrogens with two attached hydrogens (primary N) is 1. The molecule has 78 valence electrons. The second kappa shape index (κ2) is 5.11. The van der Waals surface area contributed by atoms with Gasteiger partial charge >= 0.3 is 0 Å². The van der Waals surface area contributed by atoms with Crippen molar-refractivity contribution in [3.63, 3.8) is 0 Å². The molecule has 0 heterocycles. The molecule has 0 fully saturated rings. The minimum Gasteiger partial charge on any atom is -0.340 e. The molecule has 13 heavy (non-hydrogen) atoms. The van der Waals surface area contributed by atoms with Gasteiger partial charge in [0.15, 0.2) is 0 Å². The first-order valence-electron chi connectivity index (χ1n) is 4.15. The molecule has 0 aromatic rings. The van der Waals surface area contributed by atoms with E-state index in [0.717, 1.165) is 4.90 Å². The van der Waals surface area contributed by atoms with Gasteiger partial charge in [-0.3, -0.25) is 4.79 Å². The molecule has 0 radical (unpaired) electrons. The molecule has 2 N–H and O–H groups in total. The largest absolute Gasteiger partial charge is 0.340 e. The van der Waals surface area contributed by atoms with E-state index in [9.17, 15) is 13.6 Å². The summed E-state index contributed by atoms with van der Waals surface area (Å²) in [6.45, 7) is 2.78. The fourth-order valence-electron chi connectivity index (χ4n) is 0.870. The highest BCUT2D eigenvalue weighted by Crippen LogP contribution is 2.06. The van der Waals surface area contributed by atoms with E-state index in [4.69, 9.17) is 5.73 Å². The van der Waals surface area contributed by atoms with Gasteiger partial charge in [-0.25, -0.2) is 8.78 Å². The Morgan fingerprint density at radius 3 is 2.23 bits per heavy atom. The zero-order chi connectivity index (χ0) is 10.6. The third-order valence-electron chi connectivity index (χ3n) is 1.97. The highest BCUT2D eigenvalue weighted by atomic mass is 19.3. The van der Waals surface area contributed by atoms with Crippen LogP contribution in [0.4, 0.5) is 8.78 Å². The third kappa shape index (κ3) is 4.17. The van der Waals surface area contributed by atoms with Crippen LogP contribution < -0.4 is 5.73 Å². The van der Waals surface area contributed by atoms with Crippen molar-refractivity contribution >= 4 is 5.91 Å². The van der Waals surface area contributed by atoms with Crippen LogP contribution in [-0.2, 0) is 4.79 Å². The van der Waals surface area contributed by atoms with Crippen LogP contribution >= 0.6 is 0 Å². The molecule has 0 bridgehead atoms. The molecule has 0 saturated heterocycles. The van der Waals surface area contributed by atoms with Crippen molar-refractivity contribution in [1.82, 2.24) is 4.90 Å². The molecule has 0 aliphatic rings. The van der Waals surface area contributed by atoms with Crippen LogP contribution in [0.2, 0.25) is 0 Å². The standard InChI is InChI=1S/C8H16F2N2O/c1-5(6(2)11)8(13)12(3)4-7(9)10/h5-7H,4,11H2,1-3H3. The van der Waals surface area contributed by atoms with E-state index in [-0.39, 0.29) is 11.9 Å². The summed E-state index contributed by atoms with van der Waals surface area (Å²) in [6.07, 6.45) is -2.49. The van der Waals surface area contributed by atoms with Gasteiger partial charge in [0, 0.05) is 13.1 Å². The minimum absolute atomic E-state index is 0.312. The molecule has 0 saturated carbocycles. The molecule has 1 amide bonds. The normalized spacial score (nSPS) is 15.6. The Kier molecular flexibility index (Phi) is 4.83. The van der Waals surface area contributed by atoms with Crippen LogP contribution in [0.5, 0.6) is 0 Å². The molecule has 0 aliphatic carbocycles. The Morgan fingerprint density at radius 2 is 1.92 bits per heavy atom. The van der Waals surface area contributed by atoms with Crippen molar-refractivity contribution in [2.24, 2.45) is 11.7 Å². The molecule has 0 aromatic heterocycles. The zero-order valence-electron chi connectivity index (χ0n) is 8.13. The number of hydrogen-bond donors (Lipinski definition) is 1. The Balaban J connectivity index is 4.09. The Hall–Kier alpha value is -0.710. The SMILES string of the molecule is CC(N)C(C)C(=O)N(C)CC(F)F. The van der Waals surface area contributed by atoms with E-state index in [1.54, 1.807) is 13.8 Å². The smallest absolute Gasteiger partial charge is 0.255 e. The summed E-state index contributed by atoms with van der Waals surface area (Å²) in [5.74, 6) is -0.751. The van der Waals surface area contributed by atoms with Crippen LogP contribution in [0, 0.1) is 5.92 Å². The molecule has 0 aliphatic heterocycles.